The number of aromatic nitrogens is 1. The molecule has 1 saturated heterocycles. The first-order valence-electron chi connectivity index (χ1n) is 6.18. The molecule has 1 aromatic rings. The number of piperazine rings is 1. The molecule has 0 bridgehead atoms. The monoisotopic (exact) mass is 265 g/mol. The molecule has 0 atom stereocenters. The van der Waals surface area contributed by atoms with Gasteiger partial charge in [0.25, 0.3) is 0 Å². The number of amides is 1. The second kappa shape index (κ2) is 6.75. The van der Waals surface area contributed by atoms with E-state index in [4.69, 9.17) is 0 Å². The van der Waals surface area contributed by atoms with E-state index < -0.39 is 0 Å². The molecule has 4 nitrogen and oxygen atoms in total. The van der Waals surface area contributed by atoms with Gasteiger partial charge in [0.1, 0.15) is 0 Å². The van der Waals surface area contributed by atoms with E-state index in [0.29, 0.717) is 5.75 Å². The zero-order valence-electron chi connectivity index (χ0n) is 10.7. The molecule has 18 heavy (non-hydrogen) atoms. The van der Waals surface area contributed by atoms with E-state index in [-0.39, 0.29) is 5.91 Å². The van der Waals surface area contributed by atoms with Gasteiger partial charge in [0.2, 0.25) is 5.91 Å². The predicted molar refractivity (Wildman–Crippen MR) is 74.5 cm³/mol. The molecular weight excluding hydrogens is 246 g/mol. The van der Waals surface area contributed by atoms with Gasteiger partial charge in [0.05, 0.1) is 11.4 Å². The molecule has 2 heterocycles. The first-order valence-corrected chi connectivity index (χ1v) is 7.58. The second-order valence-corrected chi connectivity index (χ2v) is 5.28. The summed E-state index contributed by atoms with van der Waals surface area (Å²) >= 11 is 1.59. The van der Waals surface area contributed by atoms with Crippen LogP contribution in [0.25, 0.3) is 0 Å². The van der Waals surface area contributed by atoms with Crippen molar-refractivity contribution in [2.45, 2.75) is 6.54 Å². The summed E-state index contributed by atoms with van der Waals surface area (Å²) in [6, 6.07) is 5.99. The molecule has 5 heteroatoms. The Balaban J connectivity index is 1.78. The van der Waals surface area contributed by atoms with Gasteiger partial charge in [0.15, 0.2) is 0 Å². The van der Waals surface area contributed by atoms with Crippen LogP contribution in [0, 0.1) is 0 Å². The fourth-order valence-electron chi connectivity index (χ4n) is 2.09. The number of pyridine rings is 1. The minimum absolute atomic E-state index is 0.264. The fourth-order valence-corrected chi connectivity index (χ4v) is 2.52. The fraction of sp³-hybridized carbons (Fsp3) is 0.538. The Morgan fingerprint density at radius 1 is 1.33 bits per heavy atom. The van der Waals surface area contributed by atoms with Gasteiger partial charge in [-0.2, -0.15) is 11.8 Å². The maximum atomic E-state index is 11.7. The first-order chi connectivity index (χ1) is 8.79. The van der Waals surface area contributed by atoms with Crippen LogP contribution in [-0.4, -0.2) is 58.9 Å². The summed E-state index contributed by atoms with van der Waals surface area (Å²) in [5.74, 6) is 0.861. The molecule has 0 N–H and O–H groups in total. The molecule has 1 amide bonds. The van der Waals surface area contributed by atoms with Crippen LogP contribution in [0.2, 0.25) is 0 Å². The van der Waals surface area contributed by atoms with Gasteiger partial charge < -0.3 is 4.90 Å². The highest BCUT2D eigenvalue weighted by Crippen LogP contribution is 2.08. The van der Waals surface area contributed by atoms with Crippen LogP contribution in [0.4, 0.5) is 0 Å². The number of hydrogen-bond donors (Lipinski definition) is 0. The van der Waals surface area contributed by atoms with Crippen molar-refractivity contribution in [2.24, 2.45) is 0 Å². The van der Waals surface area contributed by atoms with Gasteiger partial charge >= 0.3 is 0 Å². The SMILES string of the molecule is CSCC(=O)N1CCN(Cc2ccccn2)CC1. The second-order valence-electron chi connectivity index (χ2n) is 4.41. The molecule has 0 spiro atoms. The maximum absolute atomic E-state index is 11.7. The zero-order valence-corrected chi connectivity index (χ0v) is 11.5. The average Bonchev–Trinajstić information content (AvgIpc) is 2.41. The molecule has 1 aliphatic rings. The van der Waals surface area contributed by atoms with Crippen LogP contribution >= 0.6 is 11.8 Å². The van der Waals surface area contributed by atoms with Gasteiger partial charge in [-0.15, -0.1) is 0 Å². The molecule has 1 fully saturated rings. The molecule has 1 aliphatic heterocycles. The summed E-state index contributed by atoms with van der Waals surface area (Å²) in [5.41, 5.74) is 1.10. The molecule has 0 aliphatic carbocycles. The number of rotatable bonds is 4. The Bertz CT molecular complexity index is 377. The highest BCUT2D eigenvalue weighted by Gasteiger charge is 2.20. The van der Waals surface area contributed by atoms with E-state index in [0.717, 1.165) is 38.4 Å². The topological polar surface area (TPSA) is 36.4 Å². The Labute approximate surface area is 112 Å². The summed E-state index contributed by atoms with van der Waals surface area (Å²) in [7, 11) is 0. The summed E-state index contributed by atoms with van der Waals surface area (Å²) < 4.78 is 0. The van der Waals surface area contributed by atoms with Crippen molar-refractivity contribution in [1.82, 2.24) is 14.8 Å². The van der Waals surface area contributed by atoms with Gasteiger partial charge in [-0.3, -0.25) is 14.7 Å². The van der Waals surface area contributed by atoms with Gasteiger partial charge in [-0.05, 0) is 18.4 Å². The first kappa shape index (κ1) is 13.4. The third-order valence-corrected chi connectivity index (χ3v) is 3.64. The highest BCUT2D eigenvalue weighted by molar-refractivity contribution is 7.99. The number of thioether (sulfide) groups is 1. The van der Waals surface area contributed by atoms with Crippen LogP contribution in [0.5, 0.6) is 0 Å². The van der Waals surface area contributed by atoms with E-state index in [1.54, 1.807) is 11.8 Å². The molecule has 2 rings (SSSR count). The van der Waals surface area contributed by atoms with Gasteiger partial charge in [-0.25, -0.2) is 0 Å². The lowest BCUT2D eigenvalue weighted by Gasteiger charge is -2.34. The van der Waals surface area contributed by atoms with Crippen LogP contribution in [-0.2, 0) is 11.3 Å². The average molecular weight is 265 g/mol. The summed E-state index contributed by atoms with van der Waals surface area (Å²) in [5, 5.41) is 0. The van der Waals surface area contributed by atoms with Crippen molar-refractivity contribution in [2.75, 3.05) is 38.2 Å². The molecule has 0 aromatic carbocycles. The molecule has 1 aromatic heterocycles. The third-order valence-electron chi connectivity index (χ3n) is 3.10. The van der Waals surface area contributed by atoms with Crippen molar-refractivity contribution in [1.29, 1.82) is 0 Å². The molecule has 0 saturated carbocycles. The third kappa shape index (κ3) is 3.71. The number of carbonyl (C=O) groups excluding carboxylic acids is 1. The maximum Gasteiger partial charge on any atom is 0.232 e. The molecular formula is C13H19N3OS. The van der Waals surface area contributed by atoms with Crippen molar-refractivity contribution in [3.05, 3.63) is 30.1 Å². The lowest BCUT2D eigenvalue weighted by atomic mass is 10.2. The van der Waals surface area contributed by atoms with Gasteiger partial charge in [-0.1, -0.05) is 6.07 Å². The molecule has 0 unspecified atom stereocenters. The van der Waals surface area contributed by atoms with E-state index in [2.05, 4.69) is 9.88 Å². The smallest absolute Gasteiger partial charge is 0.232 e. The van der Waals surface area contributed by atoms with Crippen LogP contribution in [0.3, 0.4) is 0 Å². The van der Waals surface area contributed by atoms with Crippen molar-refractivity contribution in [3.8, 4) is 0 Å². The lowest BCUT2D eigenvalue weighted by Crippen LogP contribution is -2.48. The summed E-state index contributed by atoms with van der Waals surface area (Å²) in [6.07, 6.45) is 3.79. The Morgan fingerprint density at radius 3 is 2.72 bits per heavy atom. The molecule has 0 radical (unpaired) electrons. The van der Waals surface area contributed by atoms with Crippen molar-refractivity contribution >= 4 is 17.7 Å². The lowest BCUT2D eigenvalue weighted by molar-refractivity contribution is -0.130. The standard InChI is InChI=1S/C13H19N3OS/c1-18-11-13(17)16-8-6-15(7-9-16)10-12-4-2-3-5-14-12/h2-5H,6-11H2,1H3. The van der Waals surface area contributed by atoms with E-state index >= 15 is 0 Å². The number of nitrogens with zero attached hydrogens (tertiary/aromatic N) is 3. The van der Waals surface area contributed by atoms with E-state index in [9.17, 15) is 4.79 Å². The normalized spacial score (nSPS) is 16.8. The minimum atomic E-state index is 0.264. The summed E-state index contributed by atoms with van der Waals surface area (Å²) in [4.78, 5) is 20.4. The van der Waals surface area contributed by atoms with Crippen molar-refractivity contribution in [3.63, 3.8) is 0 Å². The number of hydrogen-bond acceptors (Lipinski definition) is 4. The Morgan fingerprint density at radius 2 is 2.11 bits per heavy atom. The quantitative estimate of drug-likeness (QED) is 0.816. The van der Waals surface area contributed by atoms with E-state index in [1.165, 1.54) is 0 Å². The number of carbonyl (C=O) groups is 1. The summed E-state index contributed by atoms with van der Waals surface area (Å²) in [6.45, 7) is 4.44. The van der Waals surface area contributed by atoms with Gasteiger partial charge in [0, 0.05) is 38.9 Å². The Hall–Kier alpha value is -1.07. The van der Waals surface area contributed by atoms with Crippen molar-refractivity contribution < 1.29 is 4.79 Å². The highest BCUT2D eigenvalue weighted by atomic mass is 32.2. The van der Waals surface area contributed by atoms with Crippen LogP contribution in [0.1, 0.15) is 5.69 Å². The largest absolute Gasteiger partial charge is 0.339 e. The van der Waals surface area contributed by atoms with Crippen LogP contribution < -0.4 is 0 Å². The minimum Gasteiger partial charge on any atom is -0.339 e. The predicted octanol–water partition coefficient (Wildman–Crippen LogP) is 1.09. The van der Waals surface area contributed by atoms with E-state index in [1.807, 2.05) is 35.6 Å². The van der Waals surface area contributed by atoms with Crippen LogP contribution in [0.15, 0.2) is 24.4 Å². The molecule has 98 valence electrons. The zero-order chi connectivity index (χ0) is 12.8. The Kier molecular flexibility index (Phi) is 5.01.